The molecule has 124 valence electrons. The van der Waals surface area contributed by atoms with Gasteiger partial charge in [-0.1, -0.05) is 12.1 Å². The Bertz CT molecular complexity index is 810. The summed E-state index contributed by atoms with van der Waals surface area (Å²) in [5.41, 5.74) is 0.329. The monoisotopic (exact) mass is 330 g/mol. The Labute approximate surface area is 136 Å². The van der Waals surface area contributed by atoms with E-state index in [0.717, 1.165) is 13.0 Å². The molecule has 0 radical (unpaired) electrons. The van der Waals surface area contributed by atoms with Crippen LogP contribution in [-0.4, -0.2) is 33.2 Å². The SMILES string of the molecule is CC(=O)O[C@@H]1C(=O)c2c(O)cc(O)cc2O[C@H]1c1ccc(O)cc1. The quantitative estimate of drug-likeness (QED) is 0.722. The second-order valence-electron chi connectivity index (χ2n) is 5.36. The minimum absolute atomic E-state index is 0.0148. The molecule has 3 N–H and O–H groups in total. The molecule has 0 spiro atoms. The summed E-state index contributed by atoms with van der Waals surface area (Å²) in [5, 5.41) is 28.9. The summed E-state index contributed by atoms with van der Waals surface area (Å²) < 4.78 is 10.8. The molecule has 24 heavy (non-hydrogen) atoms. The molecule has 2 aromatic carbocycles. The topological polar surface area (TPSA) is 113 Å². The molecule has 1 aliphatic rings. The highest BCUT2D eigenvalue weighted by Crippen LogP contribution is 2.42. The number of esters is 1. The molecule has 1 heterocycles. The maximum atomic E-state index is 12.7. The molecule has 0 amide bonds. The first-order valence-corrected chi connectivity index (χ1v) is 7.10. The van der Waals surface area contributed by atoms with E-state index in [1.807, 2.05) is 0 Å². The molecule has 1 aliphatic heterocycles. The van der Waals surface area contributed by atoms with E-state index >= 15 is 0 Å². The lowest BCUT2D eigenvalue weighted by Gasteiger charge is -2.32. The Kier molecular flexibility index (Phi) is 3.76. The minimum Gasteiger partial charge on any atom is -0.508 e. The van der Waals surface area contributed by atoms with Gasteiger partial charge in [0.2, 0.25) is 11.9 Å². The van der Waals surface area contributed by atoms with Crippen LogP contribution in [0, 0.1) is 0 Å². The normalized spacial score (nSPS) is 19.3. The van der Waals surface area contributed by atoms with Crippen LogP contribution in [-0.2, 0) is 9.53 Å². The number of phenolic OH excluding ortho intramolecular Hbond substituents is 3. The number of ketones is 1. The van der Waals surface area contributed by atoms with Gasteiger partial charge in [-0.2, -0.15) is 0 Å². The van der Waals surface area contributed by atoms with E-state index in [1.165, 1.54) is 30.3 Å². The predicted molar refractivity (Wildman–Crippen MR) is 81.1 cm³/mol. The molecule has 0 aliphatic carbocycles. The molecule has 0 fully saturated rings. The zero-order valence-corrected chi connectivity index (χ0v) is 12.6. The lowest BCUT2D eigenvalue weighted by Crippen LogP contribution is -2.39. The first-order chi connectivity index (χ1) is 11.4. The zero-order valence-electron chi connectivity index (χ0n) is 12.6. The zero-order chi connectivity index (χ0) is 17.4. The molecule has 0 bridgehead atoms. The largest absolute Gasteiger partial charge is 0.508 e. The van der Waals surface area contributed by atoms with Crippen molar-refractivity contribution < 1.29 is 34.4 Å². The molecular formula is C17H14O7. The van der Waals surface area contributed by atoms with E-state index < -0.39 is 29.7 Å². The summed E-state index contributed by atoms with van der Waals surface area (Å²) in [7, 11) is 0. The number of rotatable bonds is 2. The molecular weight excluding hydrogens is 316 g/mol. The Balaban J connectivity index is 2.11. The van der Waals surface area contributed by atoms with E-state index in [-0.39, 0.29) is 22.8 Å². The Morgan fingerprint density at radius 3 is 2.38 bits per heavy atom. The van der Waals surface area contributed by atoms with Crippen LogP contribution >= 0.6 is 0 Å². The van der Waals surface area contributed by atoms with Crippen LogP contribution < -0.4 is 4.74 Å². The van der Waals surface area contributed by atoms with Gasteiger partial charge in [0.15, 0.2) is 6.10 Å². The summed E-state index contributed by atoms with van der Waals surface area (Å²) in [5.74, 6) is -2.03. The molecule has 0 aromatic heterocycles. The van der Waals surface area contributed by atoms with Crippen molar-refractivity contribution in [2.24, 2.45) is 0 Å². The first kappa shape index (κ1) is 15.7. The number of phenols is 3. The van der Waals surface area contributed by atoms with Gasteiger partial charge in [-0.25, -0.2) is 0 Å². The Morgan fingerprint density at radius 2 is 1.75 bits per heavy atom. The van der Waals surface area contributed by atoms with Crippen LogP contribution in [0.15, 0.2) is 36.4 Å². The van der Waals surface area contributed by atoms with Crippen molar-refractivity contribution in [1.82, 2.24) is 0 Å². The predicted octanol–water partition coefficient (Wildman–Crippen LogP) is 2.05. The maximum absolute atomic E-state index is 12.7. The number of hydrogen-bond donors (Lipinski definition) is 3. The van der Waals surface area contributed by atoms with Gasteiger partial charge < -0.3 is 24.8 Å². The van der Waals surface area contributed by atoms with Crippen LogP contribution in [0.2, 0.25) is 0 Å². The summed E-state index contributed by atoms with van der Waals surface area (Å²) in [6.07, 6.45) is -2.27. The molecule has 0 saturated carbocycles. The highest BCUT2D eigenvalue weighted by molar-refractivity contribution is 6.06. The van der Waals surface area contributed by atoms with Crippen molar-refractivity contribution >= 4 is 11.8 Å². The van der Waals surface area contributed by atoms with Gasteiger partial charge in [-0.05, 0) is 17.7 Å². The highest BCUT2D eigenvalue weighted by atomic mass is 16.6. The molecule has 3 rings (SSSR count). The number of carbonyl (C=O) groups is 2. The van der Waals surface area contributed by atoms with Crippen LogP contribution in [0.4, 0.5) is 0 Å². The fourth-order valence-corrected chi connectivity index (χ4v) is 2.61. The van der Waals surface area contributed by atoms with E-state index in [9.17, 15) is 24.9 Å². The van der Waals surface area contributed by atoms with Crippen molar-refractivity contribution in [2.45, 2.75) is 19.1 Å². The number of carbonyl (C=O) groups excluding carboxylic acids is 2. The third-order valence-corrected chi connectivity index (χ3v) is 3.61. The molecule has 0 unspecified atom stereocenters. The fourth-order valence-electron chi connectivity index (χ4n) is 2.61. The van der Waals surface area contributed by atoms with Crippen LogP contribution in [0.3, 0.4) is 0 Å². The lowest BCUT2D eigenvalue weighted by molar-refractivity contribution is -0.148. The van der Waals surface area contributed by atoms with Crippen molar-refractivity contribution in [2.75, 3.05) is 0 Å². The number of aromatic hydroxyl groups is 3. The van der Waals surface area contributed by atoms with Gasteiger partial charge in [-0.15, -0.1) is 0 Å². The van der Waals surface area contributed by atoms with Crippen molar-refractivity contribution in [3.8, 4) is 23.0 Å². The molecule has 2 atom stereocenters. The van der Waals surface area contributed by atoms with E-state index in [2.05, 4.69) is 0 Å². The van der Waals surface area contributed by atoms with E-state index in [1.54, 1.807) is 0 Å². The first-order valence-electron chi connectivity index (χ1n) is 7.10. The average molecular weight is 330 g/mol. The van der Waals surface area contributed by atoms with Crippen LogP contribution in [0.5, 0.6) is 23.0 Å². The standard InChI is InChI=1S/C17H14O7/c1-8(18)23-17-15(22)14-12(21)6-11(20)7-13(14)24-16(17)9-2-4-10(19)5-3-9/h2-7,16-17,19-21H,1H3/t16-,17+/m0/s1. The van der Waals surface area contributed by atoms with Gasteiger partial charge in [0, 0.05) is 19.1 Å². The summed E-state index contributed by atoms with van der Waals surface area (Å²) in [6, 6.07) is 8.07. The average Bonchev–Trinajstić information content (AvgIpc) is 2.49. The lowest BCUT2D eigenvalue weighted by atomic mass is 9.92. The highest BCUT2D eigenvalue weighted by Gasteiger charge is 2.42. The van der Waals surface area contributed by atoms with Gasteiger partial charge in [0.1, 0.15) is 28.6 Å². The van der Waals surface area contributed by atoms with Gasteiger partial charge >= 0.3 is 5.97 Å². The van der Waals surface area contributed by atoms with Crippen LogP contribution in [0.25, 0.3) is 0 Å². The summed E-state index contributed by atoms with van der Waals surface area (Å²) in [6.45, 7) is 1.16. The van der Waals surface area contributed by atoms with Gasteiger partial charge in [0.05, 0.1) is 0 Å². The smallest absolute Gasteiger partial charge is 0.303 e. The number of ether oxygens (including phenoxy) is 2. The van der Waals surface area contributed by atoms with Crippen LogP contribution in [0.1, 0.15) is 28.9 Å². The molecule has 7 nitrogen and oxygen atoms in total. The van der Waals surface area contributed by atoms with Gasteiger partial charge in [0.25, 0.3) is 0 Å². The molecule has 0 saturated heterocycles. The third kappa shape index (κ3) is 2.71. The minimum atomic E-state index is -1.30. The van der Waals surface area contributed by atoms with Crippen molar-refractivity contribution in [1.29, 1.82) is 0 Å². The molecule has 2 aromatic rings. The van der Waals surface area contributed by atoms with Crippen molar-refractivity contribution in [3.63, 3.8) is 0 Å². The summed E-state index contributed by atoms with van der Waals surface area (Å²) in [4.78, 5) is 24.1. The van der Waals surface area contributed by atoms with Gasteiger partial charge in [-0.3, -0.25) is 9.59 Å². The summed E-state index contributed by atoms with van der Waals surface area (Å²) >= 11 is 0. The Hall–Kier alpha value is -3.22. The van der Waals surface area contributed by atoms with E-state index in [4.69, 9.17) is 9.47 Å². The second-order valence-corrected chi connectivity index (χ2v) is 5.36. The number of benzene rings is 2. The number of Topliss-reactive ketones (excluding diaryl/α,β-unsaturated/α-hetero) is 1. The van der Waals surface area contributed by atoms with E-state index in [0.29, 0.717) is 5.56 Å². The number of fused-ring (bicyclic) bond motifs is 1. The van der Waals surface area contributed by atoms with Crippen molar-refractivity contribution in [3.05, 3.63) is 47.5 Å². The number of hydrogen-bond acceptors (Lipinski definition) is 7. The molecule has 7 heteroatoms. The second kappa shape index (κ2) is 5.77. The fraction of sp³-hybridized carbons (Fsp3) is 0.176. The maximum Gasteiger partial charge on any atom is 0.303 e. The third-order valence-electron chi connectivity index (χ3n) is 3.61. The Morgan fingerprint density at radius 1 is 1.08 bits per heavy atom.